The molecule has 0 atom stereocenters. The van der Waals surface area contributed by atoms with E-state index in [1.165, 1.54) is 0 Å². The van der Waals surface area contributed by atoms with Crippen LogP contribution in [-0.4, -0.2) is 9.55 Å². The second-order valence-corrected chi connectivity index (χ2v) is 4.70. The maximum atomic E-state index is 9.07. The number of hydrogen-bond donors (Lipinski definition) is 0. The molecule has 2 heterocycles. The van der Waals surface area contributed by atoms with Gasteiger partial charge in [-0.1, -0.05) is 12.1 Å². The molecule has 1 aromatic carbocycles. The fourth-order valence-corrected chi connectivity index (χ4v) is 2.68. The third kappa shape index (κ3) is 1.44. The lowest BCUT2D eigenvalue weighted by Crippen LogP contribution is -1.90. The smallest absolute Gasteiger partial charge is 0.151 e. The van der Waals surface area contributed by atoms with Crippen molar-refractivity contribution >= 4 is 22.4 Å². The third-order valence-corrected chi connectivity index (χ3v) is 3.64. The predicted octanol–water partition coefficient (Wildman–Crippen LogP) is 3.17. The lowest BCUT2D eigenvalue weighted by molar-refractivity contribution is 0.963. The van der Waals surface area contributed by atoms with Crippen LogP contribution in [0.25, 0.3) is 21.7 Å². The van der Waals surface area contributed by atoms with Crippen LogP contribution in [0.2, 0.25) is 0 Å². The van der Waals surface area contributed by atoms with E-state index in [1.807, 2.05) is 41.3 Å². The van der Waals surface area contributed by atoms with Crippen molar-refractivity contribution in [3.63, 3.8) is 0 Å². The molecule has 0 saturated carbocycles. The SMILES string of the molecule is Cn1c(-c2cccs2)nc2c(C#N)cccc21. The molecular formula is C13H9N3S. The Bertz CT molecular complexity index is 717. The number of para-hydroxylation sites is 1. The molecule has 3 rings (SSSR count). The first-order valence-corrected chi connectivity index (χ1v) is 6.08. The Balaban J connectivity index is 2.37. The summed E-state index contributed by atoms with van der Waals surface area (Å²) in [4.78, 5) is 5.69. The zero-order valence-electron chi connectivity index (χ0n) is 9.21. The maximum Gasteiger partial charge on any atom is 0.151 e. The summed E-state index contributed by atoms with van der Waals surface area (Å²) in [5.41, 5.74) is 2.40. The molecule has 0 N–H and O–H groups in total. The van der Waals surface area contributed by atoms with Crippen LogP contribution < -0.4 is 0 Å². The number of hydrogen-bond acceptors (Lipinski definition) is 3. The van der Waals surface area contributed by atoms with E-state index in [0.29, 0.717) is 5.56 Å². The largest absolute Gasteiger partial charge is 0.326 e. The summed E-state index contributed by atoms with van der Waals surface area (Å²) in [7, 11) is 1.98. The lowest BCUT2D eigenvalue weighted by atomic mass is 10.2. The second-order valence-electron chi connectivity index (χ2n) is 3.76. The first-order valence-electron chi connectivity index (χ1n) is 5.20. The van der Waals surface area contributed by atoms with Crippen LogP contribution in [0.1, 0.15) is 5.56 Å². The first kappa shape index (κ1) is 10.1. The van der Waals surface area contributed by atoms with Gasteiger partial charge in [0.15, 0.2) is 5.82 Å². The fraction of sp³-hybridized carbons (Fsp3) is 0.0769. The highest BCUT2D eigenvalue weighted by Crippen LogP contribution is 2.28. The molecule has 0 aliphatic rings. The molecule has 0 amide bonds. The number of aryl methyl sites for hydroxylation is 1. The number of rotatable bonds is 1. The first-order chi connectivity index (χ1) is 8.31. The highest BCUT2D eigenvalue weighted by Gasteiger charge is 2.12. The second kappa shape index (κ2) is 3.72. The van der Waals surface area contributed by atoms with Crippen molar-refractivity contribution in [3.05, 3.63) is 41.3 Å². The zero-order valence-corrected chi connectivity index (χ0v) is 10.0. The van der Waals surface area contributed by atoms with Crippen LogP contribution in [0, 0.1) is 11.3 Å². The molecule has 17 heavy (non-hydrogen) atoms. The van der Waals surface area contributed by atoms with E-state index in [0.717, 1.165) is 21.7 Å². The molecule has 0 bridgehead atoms. The summed E-state index contributed by atoms with van der Waals surface area (Å²) < 4.78 is 2.03. The van der Waals surface area contributed by atoms with Crippen molar-refractivity contribution in [2.75, 3.05) is 0 Å². The minimum absolute atomic E-state index is 0.626. The molecule has 4 heteroatoms. The van der Waals surface area contributed by atoms with Crippen LogP contribution in [0.4, 0.5) is 0 Å². The lowest BCUT2D eigenvalue weighted by Gasteiger charge is -1.98. The predicted molar refractivity (Wildman–Crippen MR) is 68.7 cm³/mol. The van der Waals surface area contributed by atoms with Crippen LogP contribution in [0.5, 0.6) is 0 Å². The molecule has 0 aliphatic carbocycles. The molecule has 3 aromatic rings. The van der Waals surface area contributed by atoms with Crippen molar-refractivity contribution < 1.29 is 0 Å². The van der Waals surface area contributed by atoms with Gasteiger partial charge in [0.25, 0.3) is 0 Å². The Hall–Kier alpha value is -2.12. The summed E-state index contributed by atoms with van der Waals surface area (Å²) in [6, 6.07) is 11.9. The van der Waals surface area contributed by atoms with Gasteiger partial charge in [-0.3, -0.25) is 0 Å². The topological polar surface area (TPSA) is 41.6 Å². The molecule has 0 saturated heterocycles. The van der Waals surface area contributed by atoms with Crippen LogP contribution in [0.3, 0.4) is 0 Å². The van der Waals surface area contributed by atoms with Gasteiger partial charge in [0.2, 0.25) is 0 Å². The van der Waals surface area contributed by atoms with Gasteiger partial charge in [0, 0.05) is 7.05 Å². The number of fused-ring (bicyclic) bond motifs is 1. The van der Waals surface area contributed by atoms with E-state index in [4.69, 9.17) is 5.26 Å². The monoisotopic (exact) mass is 239 g/mol. The van der Waals surface area contributed by atoms with Crippen LogP contribution in [-0.2, 0) is 7.05 Å². The van der Waals surface area contributed by atoms with E-state index in [9.17, 15) is 0 Å². The summed E-state index contributed by atoms with van der Waals surface area (Å²) >= 11 is 1.65. The number of nitrogens with zero attached hydrogens (tertiary/aromatic N) is 3. The highest BCUT2D eigenvalue weighted by atomic mass is 32.1. The quantitative estimate of drug-likeness (QED) is 0.654. The normalized spacial score (nSPS) is 10.6. The molecular weight excluding hydrogens is 230 g/mol. The van der Waals surface area contributed by atoms with E-state index >= 15 is 0 Å². The average Bonchev–Trinajstić information content (AvgIpc) is 2.97. The van der Waals surface area contributed by atoms with Crippen molar-refractivity contribution in [1.29, 1.82) is 5.26 Å². The summed E-state index contributed by atoms with van der Waals surface area (Å²) in [6.45, 7) is 0. The van der Waals surface area contributed by atoms with Crippen molar-refractivity contribution in [3.8, 4) is 16.8 Å². The minimum atomic E-state index is 0.626. The number of thiophene rings is 1. The number of nitriles is 1. The van der Waals surface area contributed by atoms with Gasteiger partial charge >= 0.3 is 0 Å². The van der Waals surface area contributed by atoms with E-state index < -0.39 is 0 Å². The molecule has 0 fully saturated rings. The molecule has 82 valence electrons. The molecule has 3 nitrogen and oxygen atoms in total. The Kier molecular flexibility index (Phi) is 2.20. The molecule has 0 unspecified atom stereocenters. The van der Waals surface area contributed by atoms with Crippen molar-refractivity contribution in [1.82, 2.24) is 9.55 Å². The van der Waals surface area contributed by atoms with Crippen molar-refractivity contribution in [2.24, 2.45) is 7.05 Å². The minimum Gasteiger partial charge on any atom is -0.326 e. The molecule has 0 radical (unpaired) electrons. The van der Waals surface area contributed by atoms with Crippen LogP contribution in [0.15, 0.2) is 35.7 Å². The van der Waals surface area contributed by atoms with Gasteiger partial charge in [-0.15, -0.1) is 11.3 Å². The van der Waals surface area contributed by atoms with E-state index in [2.05, 4.69) is 11.1 Å². The van der Waals surface area contributed by atoms with Crippen molar-refractivity contribution in [2.45, 2.75) is 0 Å². The standard InChI is InChI=1S/C13H9N3S/c1-16-10-5-2-4-9(8-14)12(10)15-13(16)11-6-3-7-17-11/h2-7H,1H3. The summed E-state index contributed by atoms with van der Waals surface area (Å²) in [6.07, 6.45) is 0. The molecule has 0 spiro atoms. The summed E-state index contributed by atoms with van der Waals surface area (Å²) in [5, 5.41) is 11.1. The van der Waals surface area contributed by atoms with Gasteiger partial charge in [0.1, 0.15) is 11.6 Å². The fourth-order valence-electron chi connectivity index (χ4n) is 1.93. The number of benzene rings is 1. The van der Waals surface area contributed by atoms with E-state index in [1.54, 1.807) is 17.4 Å². The molecule has 0 aliphatic heterocycles. The summed E-state index contributed by atoms with van der Waals surface area (Å²) in [5.74, 6) is 0.915. The Morgan fingerprint density at radius 1 is 1.29 bits per heavy atom. The Labute approximate surface area is 103 Å². The Morgan fingerprint density at radius 2 is 2.18 bits per heavy atom. The van der Waals surface area contributed by atoms with Gasteiger partial charge < -0.3 is 4.57 Å². The average molecular weight is 239 g/mol. The van der Waals surface area contributed by atoms with Gasteiger partial charge in [-0.05, 0) is 23.6 Å². The molecule has 2 aromatic heterocycles. The number of aromatic nitrogens is 2. The Morgan fingerprint density at radius 3 is 2.88 bits per heavy atom. The van der Waals surface area contributed by atoms with E-state index in [-0.39, 0.29) is 0 Å². The van der Waals surface area contributed by atoms with Gasteiger partial charge in [-0.25, -0.2) is 4.98 Å². The number of imidazole rings is 1. The van der Waals surface area contributed by atoms with Crippen LogP contribution >= 0.6 is 11.3 Å². The highest BCUT2D eigenvalue weighted by molar-refractivity contribution is 7.13. The van der Waals surface area contributed by atoms with Gasteiger partial charge in [-0.2, -0.15) is 5.26 Å². The van der Waals surface area contributed by atoms with Gasteiger partial charge in [0.05, 0.1) is 16.0 Å². The maximum absolute atomic E-state index is 9.07. The third-order valence-electron chi connectivity index (χ3n) is 2.77. The zero-order chi connectivity index (χ0) is 11.8.